The van der Waals surface area contributed by atoms with Crippen molar-refractivity contribution >= 4 is 11.8 Å². The van der Waals surface area contributed by atoms with Crippen LogP contribution in [-0.4, -0.2) is 39.4 Å². The molecule has 3 aromatic rings. The molecule has 1 fully saturated rings. The average molecular weight is 441 g/mol. The number of halogens is 2. The number of hydrogen-bond donors (Lipinski definition) is 2. The van der Waals surface area contributed by atoms with Crippen LogP contribution in [0.3, 0.4) is 0 Å². The highest BCUT2D eigenvalue weighted by Crippen LogP contribution is 2.23. The number of carbonyl (C=O) groups excluding carboxylic acids is 2. The molecule has 0 bridgehead atoms. The Balaban J connectivity index is 1.64. The molecule has 2 amide bonds. The van der Waals surface area contributed by atoms with E-state index in [0.717, 1.165) is 18.9 Å². The van der Waals surface area contributed by atoms with Crippen LogP contribution in [0.25, 0.3) is 5.69 Å². The first-order valence-electron chi connectivity index (χ1n) is 10.2. The molecule has 0 spiro atoms. The van der Waals surface area contributed by atoms with Crippen molar-refractivity contribution in [1.82, 2.24) is 25.6 Å². The normalized spacial score (nSPS) is 13.0. The van der Waals surface area contributed by atoms with Crippen LogP contribution in [0.1, 0.15) is 46.3 Å². The Labute approximate surface area is 182 Å². The van der Waals surface area contributed by atoms with E-state index in [1.807, 2.05) is 6.92 Å². The van der Waals surface area contributed by atoms with Gasteiger partial charge in [-0.25, -0.2) is 9.07 Å². The van der Waals surface area contributed by atoms with Crippen molar-refractivity contribution in [1.29, 1.82) is 0 Å². The number of rotatable bonds is 8. The predicted octanol–water partition coefficient (Wildman–Crippen LogP) is 2.77. The van der Waals surface area contributed by atoms with Crippen molar-refractivity contribution in [2.24, 2.45) is 0 Å². The molecule has 2 N–H and O–H groups in total. The largest absolute Gasteiger partial charge is 0.484 e. The summed E-state index contributed by atoms with van der Waals surface area (Å²) in [6.45, 7) is 2.05. The highest BCUT2D eigenvalue weighted by molar-refractivity contribution is 5.94. The van der Waals surface area contributed by atoms with Crippen molar-refractivity contribution in [3.05, 3.63) is 71.1 Å². The Morgan fingerprint density at radius 3 is 2.56 bits per heavy atom. The molecule has 0 aliphatic heterocycles. The van der Waals surface area contributed by atoms with Gasteiger partial charge < -0.3 is 15.4 Å². The molecule has 8 nitrogen and oxygen atoms in total. The maximum absolute atomic E-state index is 14.0. The smallest absolute Gasteiger partial charge is 0.274 e. The zero-order valence-corrected chi connectivity index (χ0v) is 17.3. The van der Waals surface area contributed by atoms with E-state index in [9.17, 15) is 18.4 Å². The third-order valence-electron chi connectivity index (χ3n) is 4.88. The quantitative estimate of drug-likeness (QED) is 0.560. The molecule has 1 aromatic heterocycles. The van der Waals surface area contributed by atoms with Crippen LogP contribution in [0.4, 0.5) is 8.78 Å². The van der Waals surface area contributed by atoms with E-state index < -0.39 is 17.5 Å². The third kappa shape index (κ3) is 4.58. The van der Waals surface area contributed by atoms with Crippen molar-refractivity contribution < 1.29 is 23.1 Å². The molecule has 1 aliphatic carbocycles. The molecule has 2 aromatic carbocycles. The second-order valence-corrected chi connectivity index (χ2v) is 7.29. The summed E-state index contributed by atoms with van der Waals surface area (Å²) in [5.41, 5.74) is 1.27. The van der Waals surface area contributed by atoms with E-state index in [4.69, 9.17) is 4.74 Å². The van der Waals surface area contributed by atoms with E-state index in [0.29, 0.717) is 17.8 Å². The minimum atomic E-state index is -1.12. The van der Waals surface area contributed by atoms with Crippen molar-refractivity contribution in [3.8, 4) is 11.4 Å². The third-order valence-corrected chi connectivity index (χ3v) is 4.88. The standard InChI is InChI=1S/C22H21F2N5O3/c1-2-25-21(30)13-6-10-15(11-7-13)29-17(12-32-18-5-3-4-16(23)19(18)24)20(27-28-29)22(31)26-14-8-9-14/h3-7,10-11,14H,2,8-9,12H2,1H3,(H,25,30)(H,26,31). The van der Waals surface area contributed by atoms with Gasteiger partial charge in [-0.3, -0.25) is 9.59 Å². The summed E-state index contributed by atoms with van der Waals surface area (Å²) in [4.78, 5) is 24.6. The second kappa shape index (κ2) is 9.13. The first-order chi connectivity index (χ1) is 15.5. The Kier molecular flexibility index (Phi) is 6.11. The number of nitrogens with zero attached hydrogens (tertiary/aromatic N) is 3. The van der Waals surface area contributed by atoms with Gasteiger partial charge in [-0.15, -0.1) is 5.10 Å². The minimum absolute atomic E-state index is 0.0292. The number of benzene rings is 2. The second-order valence-electron chi connectivity index (χ2n) is 7.29. The van der Waals surface area contributed by atoms with Crippen LogP contribution in [0.2, 0.25) is 0 Å². The van der Waals surface area contributed by atoms with Crippen LogP contribution in [-0.2, 0) is 6.61 Å². The SMILES string of the molecule is CCNC(=O)c1ccc(-n2nnc(C(=O)NC3CC3)c2COc2cccc(F)c2F)cc1. The van der Waals surface area contributed by atoms with E-state index in [1.165, 1.54) is 16.8 Å². The van der Waals surface area contributed by atoms with Gasteiger partial charge >= 0.3 is 0 Å². The predicted molar refractivity (Wildman–Crippen MR) is 111 cm³/mol. The molecule has 1 aliphatic rings. The Hall–Kier alpha value is -3.82. The van der Waals surface area contributed by atoms with E-state index in [-0.39, 0.29) is 35.7 Å². The first kappa shape index (κ1) is 21.4. The van der Waals surface area contributed by atoms with Crippen LogP contribution in [0.15, 0.2) is 42.5 Å². The summed E-state index contributed by atoms with van der Waals surface area (Å²) < 4.78 is 34.4. The van der Waals surface area contributed by atoms with Gasteiger partial charge in [0.15, 0.2) is 17.3 Å². The molecule has 0 radical (unpaired) electrons. The fourth-order valence-corrected chi connectivity index (χ4v) is 3.05. The molecular weight excluding hydrogens is 420 g/mol. The number of aromatic nitrogens is 3. The summed E-state index contributed by atoms with van der Waals surface area (Å²) in [5, 5.41) is 13.6. The molecule has 1 saturated carbocycles. The lowest BCUT2D eigenvalue weighted by Crippen LogP contribution is -2.27. The highest BCUT2D eigenvalue weighted by Gasteiger charge is 2.28. The lowest BCUT2D eigenvalue weighted by Gasteiger charge is -2.11. The molecule has 0 atom stereocenters. The van der Waals surface area contributed by atoms with Gasteiger partial charge in [-0.05, 0) is 56.2 Å². The number of hydrogen-bond acceptors (Lipinski definition) is 5. The fourth-order valence-electron chi connectivity index (χ4n) is 3.05. The van der Waals surface area contributed by atoms with Gasteiger partial charge in [0, 0.05) is 18.2 Å². The summed E-state index contributed by atoms with van der Waals surface area (Å²) in [6, 6.07) is 10.2. The molecule has 32 heavy (non-hydrogen) atoms. The molecule has 4 rings (SSSR count). The Bertz CT molecular complexity index is 1140. The zero-order chi connectivity index (χ0) is 22.7. The van der Waals surface area contributed by atoms with Crippen LogP contribution in [0.5, 0.6) is 5.75 Å². The van der Waals surface area contributed by atoms with Crippen molar-refractivity contribution in [2.45, 2.75) is 32.4 Å². The lowest BCUT2D eigenvalue weighted by atomic mass is 10.2. The number of nitrogens with one attached hydrogen (secondary N) is 2. The van der Waals surface area contributed by atoms with Gasteiger partial charge in [0.2, 0.25) is 5.82 Å². The van der Waals surface area contributed by atoms with Gasteiger partial charge in [0.1, 0.15) is 12.3 Å². The maximum Gasteiger partial charge on any atom is 0.274 e. The molecule has 0 saturated heterocycles. The summed E-state index contributed by atoms with van der Waals surface area (Å²) in [7, 11) is 0. The van der Waals surface area contributed by atoms with Gasteiger partial charge in [-0.2, -0.15) is 4.39 Å². The van der Waals surface area contributed by atoms with Crippen molar-refractivity contribution in [2.75, 3.05) is 6.54 Å². The molecule has 1 heterocycles. The Morgan fingerprint density at radius 2 is 1.88 bits per heavy atom. The number of carbonyl (C=O) groups is 2. The number of ether oxygens (including phenoxy) is 1. The molecule has 10 heteroatoms. The minimum Gasteiger partial charge on any atom is -0.484 e. The van der Waals surface area contributed by atoms with Gasteiger partial charge in [0.25, 0.3) is 11.8 Å². The first-order valence-corrected chi connectivity index (χ1v) is 10.2. The summed E-state index contributed by atoms with van der Waals surface area (Å²) in [6.07, 6.45) is 1.78. The summed E-state index contributed by atoms with van der Waals surface area (Å²) in [5.74, 6) is -3.09. The van der Waals surface area contributed by atoms with Crippen molar-refractivity contribution in [3.63, 3.8) is 0 Å². The zero-order valence-electron chi connectivity index (χ0n) is 17.3. The maximum atomic E-state index is 14.0. The van der Waals surface area contributed by atoms with Crippen LogP contribution < -0.4 is 15.4 Å². The molecule has 0 unspecified atom stereocenters. The monoisotopic (exact) mass is 441 g/mol. The van der Waals surface area contributed by atoms with E-state index >= 15 is 0 Å². The number of amides is 2. The van der Waals surface area contributed by atoms with E-state index in [1.54, 1.807) is 24.3 Å². The average Bonchev–Trinajstić information content (AvgIpc) is 3.50. The Morgan fingerprint density at radius 1 is 1.12 bits per heavy atom. The highest BCUT2D eigenvalue weighted by atomic mass is 19.2. The summed E-state index contributed by atoms with van der Waals surface area (Å²) >= 11 is 0. The van der Waals surface area contributed by atoms with E-state index in [2.05, 4.69) is 20.9 Å². The van der Waals surface area contributed by atoms with Crippen LogP contribution in [0, 0.1) is 11.6 Å². The fraction of sp³-hybridized carbons (Fsp3) is 0.273. The van der Waals surface area contributed by atoms with Gasteiger partial charge in [-0.1, -0.05) is 11.3 Å². The van der Waals surface area contributed by atoms with Crippen LogP contribution >= 0.6 is 0 Å². The molecular formula is C22H21F2N5O3. The lowest BCUT2D eigenvalue weighted by molar-refractivity contribution is 0.0939. The molecule has 166 valence electrons. The van der Waals surface area contributed by atoms with Gasteiger partial charge in [0.05, 0.1) is 5.69 Å². The topological polar surface area (TPSA) is 98.1 Å².